The molecule has 2 nitrogen and oxygen atoms in total. The SMILES string of the molecule is OC1CC(Br)C(Br)C(Br)(CBr)C1O. The van der Waals surface area contributed by atoms with E-state index in [-0.39, 0.29) is 9.65 Å². The molecule has 5 unspecified atom stereocenters. The molecule has 1 fully saturated rings. The topological polar surface area (TPSA) is 40.5 Å². The molecule has 0 aromatic carbocycles. The second-order valence-electron chi connectivity index (χ2n) is 3.23. The largest absolute Gasteiger partial charge is 0.390 e. The van der Waals surface area contributed by atoms with Crippen LogP contribution in [-0.2, 0) is 0 Å². The standard InChI is InChI=1S/C7H10Br4O2/c8-2-7(11)5(10)3(9)1-4(12)6(7)13/h3-6,12-13H,1-2H2. The van der Waals surface area contributed by atoms with Crippen LogP contribution in [0.2, 0.25) is 0 Å². The fourth-order valence-electron chi connectivity index (χ4n) is 1.42. The van der Waals surface area contributed by atoms with E-state index in [1.54, 1.807) is 0 Å². The van der Waals surface area contributed by atoms with Crippen LogP contribution < -0.4 is 0 Å². The maximum atomic E-state index is 9.81. The Hall–Kier alpha value is 1.84. The minimum absolute atomic E-state index is 0.0813. The Morgan fingerprint density at radius 3 is 2.31 bits per heavy atom. The minimum atomic E-state index is -0.759. The van der Waals surface area contributed by atoms with Crippen LogP contribution in [0.1, 0.15) is 6.42 Å². The average Bonchev–Trinajstić information content (AvgIpc) is 2.12. The van der Waals surface area contributed by atoms with Crippen LogP contribution in [0.3, 0.4) is 0 Å². The van der Waals surface area contributed by atoms with Gasteiger partial charge in [0.15, 0.2) is 0 Å². The smallest absolute Gasteiger partial charge is 0.0971 e. The molecule has 78 valence electrons. The lowest BCUT2D eigenvalue weighted by Gasteiger charge is -2.44. The lowest BCUT2D eigenvalue weighted by molar-refractivity contribution is -0.0185. The molecule has 0 spiro atoms. The van der Waals surface area contributed by atoms with Gasteiger partial charge in [-0.05, 0) is 6.42 Å². The van der Waals surface area contributed by atoms with E-state index in [1.807, 2.05) is 0 Å². The summed E-state index contributed by atoms with van der Waals surface area (Å²) in [5.41, 5.74) is 0. The van der Waals surface area contributed by atoms with Gasteiger partial charge in [0.05, 0.1) is 16.5 Å². The third kappa shape index (κ3) is 2.33. The molecule has 0 aromatic rings. The first-order valence-corrected chi connectivity index (χ1v) is 7.57. The molecule has 0 aliphatic heterocycles. The van der Waals surface area contributed by atoms with Gasteiger partial charge in [-0.3, -0.25) is 0 Å². The van der Waals surface area contributed by atoms with Crippen LogP contribution in [0.25, 0.3) is 0 Å². The van der Waals surface area contributed by atoms with Gasteiger partial charge in [0.25, 0.3) is 0 Å². The number of aliphatic hydroxyl groups is 2. The zero-order valence-corrected chi connectivity index (χ0v) is 13.0. The summed E-state index contributed by atoms with van der Waals surface area (Å²) < 4.78 is -0.515. The zero-order chi connectivity index (χ0) is 10.2. The Kier molecular flexibility index (Phi) is 4.75. The molecule has 5 atom stereocenters. The van der Waals surface area contributed by atoms with Crippen molar-refractivity contribution in [2.45, 2.75) is 32.6 Å². The zero-order valence-electron chi connectivity index (χ0n) is 6.63. The molecule has 6 heteroatoms. The third-order valence-electron chi connectivity index (χ3n) is 2.30. The van der Waals surface area contributed by atoms with Crippen molar-refractivity contribution < 1.29 is 10.2 Å². The third-order valence-corrected chi connectivity index (χ3v) is 8.91. The Morgan fingerprint density at radius 1 is 1.31 bits per heavy atom. The number of aliphatic hydroxyl groups excluding tert-OH is 2. The van der Waals surface area contributed by atoms with Crippen molar-refractivity contribution in [2.24, 2.45) is 0 Å². The summed E-state index contributed by atoms with van der Waals surface area (Å²) in [5, 5.41) is 20.0. The fraction of sp³-hybridized carbons (Fsp3) is 1.00. The van der Waals surface area contributed by atoms with Gasteiger partial charge in [0.2, 0.25) is 0 Å². The van der Waals surface area contributed by atoms with E-state index in [2.05, 4.69) is 63.7 Å². The van der Waals surface area contributed by atoms with E-state index in [0.29, 0.717) is 11.8 Å². The van der Waals surface area contributed by atoms with Gasteiger partial charge in [0.1, 0.15) is 0 Å². The monoisotopic (exact) mass is 442 g/mol. The molecule has 0 bridgehead atoms. The quantitative estimate of drug-likeness (QED) is 0.607. The van der Waals surface area contributed by atoms with Gasteiger partial charge in [-0.25, -0.2) is 0 Å². The minimum Gasteiger partial charge on any atom is -0.390 e. The van der Waals surface area contributed by atoms with Crippen LogP contribution in [0.4, 0.5) is 0 Å². The van der Waals surface area contributed by atoms with E-state index < -0.39 is 16.5 Å². The molecule has 13 heavy (non-hydrogen) atoms. The summed E-state index contributed by atoms with van der Waals surface area (Å²) >= 11 is 13.8. The summed E-state index contributed by atoms with van der Waals surface area (Å²) in [4.78, 5) is 0.237. The molecule has 0 aromatic heterocycles. The van der Waals surface area contributed by atoms with Gasteiger partial charge in [0, 0.05) is 15.0 Å². The number of alkyl halides is 4. The van der Waals surface area contributed by atoms with Crippen molar-refractivity contribution in [2.75, 3.05) is 5.33 Å². The van der Waals surface area contributed by atoms with Crippen molar-refractivity contribution in [1.82, 2.24) is 0 Å². The fourth-order valence-corrected chi connectivity index (χ4v) is 5.01. The molecule has 1 rings (SSSR count). The first-order valence-electron chi connectivity index (χ1n) is 3.82. The van der Waals surface area contributed by atoms with E-state index >= 15 is 0 Å². The summed E-state index contributed by atoms with van der Waals surface area (Å²) in [6.07, 6.45) is -0.891. The highest BCUT2D eigenvalue weighted by Crippen LogP contribution is 2.44. The number of rotatable bonds is 1. The van der Waals surface area contributed by atoms with Crippen molar-refractivity contribution in [3.05, 3.63) is 0 Å². The summed E-state index contributed by atoms with van der Waals surface area (Å²) in [7, 11) is 0. The highest BCUT2D eigenvalue weighted by atomic mass is 79.9. The number of hydrogen-bond acceptors (Lipinski definition) is 2. The van der Waals surface area contributed by atoms with Gasteiger partial charge in [-0.1, -0.05) is 63.7 Å². The van der Waals surface area contributed by atoms with Crippen molar-refractivity contribution in [3.8, 4) is 0 Å². The van der Waals surface area contributed by atoms with Crippen molar-refractivity contribution in [1.29, 1.82) is 0 Å². The molecule has 0 radical (unpaired) electrons. The van der Waals surface area contributed by atoms with Crippen LogP contribution in [0.5, 0.6) is 0 Å². The van der Waals surface area contributed by atoms with Crippen LogP contribution in [0, 0.1) is 0 Å². The average molecular weight is 446 g/mol. The molecular formula is C7H10Br4O2. The Bertz CT molecular complexity index is 175. The molecule has 2 N–H and O–H groups in total. The van der Waals surface area contributed by atoms with E-state index in [9.17, 15) is 10.2 Å². The molecule has 0 amide bonds. The van der Waals surface area contributed by atoms with Gasteiger partial charge in [-0.15, -0.1) is 0 Å². The lowest BCUT2D eigenvalue weighted by Crippen LogP contribution is -2.59. The molecule has 0 heterocycles. The van der Waals surface area contributed by atoms with Crippen LogP contribution in [0.15, 0.2) is 0 Å². The Morgan fingerprint density at radius 2 is 1.85 bits per heavy atom. The number of hydrogen-bond donors (Lipinski definition) is 2. The second-order valence-corrected chi connectivity index (χ2v) is 7.43. The Labute approximate surface area is 111 Å². The molecule has 1 aliphatic rings. The maximum absolute atomic E-state index is 9.81. The normalized spacial score (nSPS) is 52.2. The molecule has 1 saturated carbocycles. The van der Waals surface area contributed by atoms with Gasteiger partial charge in [-0.2, -0.15) is 0 Å². The van der Waals surface area contributed by atoms with Gasteiger partial charge < -0.3 is 10.2 Å². The van der Waals surface area contributed by atoms with Crippen molar-refractivity contribution in [3.63, 3.8) is 0 Å². The highest BCUT2D eigenvalue weighted by Gasteiger charge is 2.51. The predicted octanol–water partition coefficient (Wildman–Crippen LogP) is 2.17. The highest BCUT2D eigenvalue weighted by molar-refractivity contribution is 9.14. The first-order chi connectivity index (χ1) is 5.93. The van der Waals surface area contributed by atoms with E-state index in [4.69, 9.17) is 0 Å². The molecule has 1 aliphatic carbocycles. The summed E-state index contributed by atoms with van der Waals surface area (Å²) in [6.45, 7) is 0. The number of halogens is 4. The lowest BCUT2D eigenvalue weighted by atomic mass is 9.85. The maximum Gasteiger partial charge on any atom is 0.0971 e. The predicted molar refractivity (Wildman–Crippen MR) is 67.5 cm³/mol. The van der Waals surface area contributed by atoms with Gasteiger partial charge >= 0.3 is 0 Å². The molecular weight excluding hydrogens is 436 g/mol. The molecule has 0 saturated heterocycles. The van der Waals surface area contributed by atoms with E-state index in [1.165, 1.54) is 0 Å². The van der Waals surface area contributed by atoms with Crippen LogP contribution >= 0.6 is 63.7 Å². The summed E-state index contributed by atoms with van der Waals surface area (Å²) in [6, 6.07) is 0. The second kappa shape index (κ2) is 4.78. The Balaban J connectivity index is 2.88. The van der Waals surface area contributed by atoms with Crippen LogP contribution in [-0.4, -0.2) is 41.7 Å². The van der Waals surface area contributed by atoms with Crippen molar-refractivity contribution >= 4 is 63.7 Å². The summed E-state index contributed by atoms with van der Waals surface area (Å²) in [5.74, 6) is 0. The van der Waals surface area contributed by atoms with E-state index in [0.717, 1.165) is 0 Å². The first kappa shape index (κ1) is 12.9.